The van der Waals surface area contributed by atoms with Crippen LogP contribution in [0.5, 0.6) is 0 Å². The van der Waals surface area contributed by atoms with Crippen LogP contribution < -0.4 is 4.90 Å². The predicted octanol–water partition coefficient (Wildman–Crippen LogP) is 2.38. The zero-order valence-corrected chi connectivity index (χ0v) is 13.5. The molecule has 4 nitrogen and oxygen atoms in total. The molecular weight excluding hydrogens is 260 g/mol. The summed E-state index contributed by atoms with van der Waals surface area (Å²) in [5.41, 5.74) is 1.40. The highest BCUT2D eigenvalue weighted by molar-refractivity contribution is 5.40. The lowest BCUT2D eigenvalue weighted by Gasteiger charge is -2.33. The van der Waals surface area contributed by atoms with Crippen molar-refractivity contribution in [2.45, 2.75) is 32.2 Å². The van der Waals surface area contributed by atoms with Crippen LogP contribution in [0.2, 0.25) is 0 Å². The second-order valence-electron chi connectivity index (χ2n) is 6.43. The Morgan fingerprint density at radius 2 is 1.95 bits per heavy atom. The third-order valence-corrected chi connectivity index (χ3v) is 4.86. The van der Waals surface area contributed by atoms with Crippen molar-refractivity contribution in [1.29, 1.82) is 0 Å². The van der Waals surface area contributed by atoms with E-state index in [1.807, 2.05) is 0 Å². The number of anilines is 1. The van der Waals surface area contributed by atoms with Gasteiger partial charge >= 0.3 is 0 Å². The Morgan fingerprint density at radius 1 is 1.14 bits per heavy atom. The largest absolute Gasteiger partial charge is 0.354 e. The minimum Gasteiger partial charge on any atom is -0.354 e. The lowest BCUT2D eigenvalue weighted by molar-refractivity contribution is 0.257. The summed E-state index contributed by atoms with van der Waals surface area (Å²) in [6.07, 6.45) is 5.97. The Hall–Kier alpha value is -1.13. The highest BCUT2D eigenvalue weighted by Gasteiger charge is 2.25. The molecule has 0 unspecified atom stereocenters. The molecule has 0 bridgehead atoms. The molecule has 2 fully saturated rings. The molecule has 1 aromatic rings. The summed E-state index contributed by atoms with van der Waals surface area (Å²) in [5.74, 6) is 1.15. The van der Waals surface area contributed by atoms with Gasteiger partial charge in [0.05, 0.1) is 0 Å². The Kier molecular flexibility index (Phi) is 4.76. The van der Waals surface area contributed by atoms with E-state index in [2.05, 4.69) is 47.0 Å². The van der Waals surface area contributed by atoms with Gasteiger partial charge < -0.3 is 9.80 Å². The van der Waals surface area contributed by atoms with E-state index in [-0.39, 0.29) is 0 Å². The van der Waals surface area contributed by atoms with Crippen molar-refractivity contribution < 1.29 is 0 Å². The number of rotatable bonds is 4. The first-order valence-corrected chi connectivity index (χ1v) is 8.41. The molecule has 2 aliphatic rings. The van der Waals surface area contributed by atoms with E-state index < -0.39 is 0 Å². The predicted molar refractivity (Wildman–Crippen MR) is 87.8 cm³/mol. The molecule has 116 valence electrons. The standard InChI is InChI=1S/C17H28N4/c1-3-8-20-9-4-5-16(20)15-6-7-17(18-14-15)21-12-10-19(2)11-13-21/h6-7,14,16H,3-5,8-13H2,1-2H3/t16-/m0/s1. The number of hydrogen-bond donors (Lipinski definition) is 0. The van der Waals surface area contributed by atoms with E-state index in [0.717, 1.165) is 32.0 Å². The zero-order valence-electron chi connectivity index (χ0n) is 13.5. The lowest BCUT2D eigenvalue weighted by atomic mass is 10.1. The molecule has 4 heteroatoms. The Labute approximate surface area is 128 Å². The van der Waals surface area contributed by atoms with E-state index >= 15 is 0 Å². The number of likely N-dealkylation sites (N-methyl/N-ethyl adjacent to an activating group) is 1. The second-order valence-corrected chi connectivity index (χ2v) is 6.43. The van der Waals surface area contributed by atoms with Gasteiger partial charge in [-0.3, -0.25) is 4.90 Å². The second kappa shape index (κ2) is 6.75. The van der Waals surface area contributed by atoms with E-state index in [0.29, 0.717) is 6.04 Å². The maximum atomic E-state index is 4.75. The normalized spacial score (nSPS) is 24.7. The third-order valence-electron chi connectivity index (χ3n) is 4.86. The highest BCUT2D eigenvalue weighted by Crippen LogP contribution is 2.32. The van der Waals surface area contributed by atoms with Gasteiger partial charge in [0.2, 0.25) is 0 Å². The first-order chi connectivity index (χ1) is 10.3. The van der Waals surface area contributed by atoms with Crippen LogP contribution in [0, 0.1) is 0 Å². The van der Waals surface area contributed by atoms with Gasteiger partial charge in [-0.05, 0) is 51.0 Å². The van der Waals surface area contributed by atoms with Crippen molar-refractivity contribution in [3.05, 3.63) is 23.9 Å². The third kappa shape index (κ3) is 3.38. The molecule has 2 saturated heterocycles. The molecule has 3 rings (SSSR count). The molecule has 0 amide bonds. The summed E-state index contributed by atoms with van der Waals surface area (Å²) in [6.45, 7) is 9.18. The summed E-state index contributed by atoms with van der Waals surface area (Å²) in [6, 6.07) is 5.13. The smallest absolute Gasteiger partial charge is 0.128 e. The Bertz CT molecular complexity index is 437. The first-order valence-electron chi connectivity index (χ1n) is 8.41. The van der Waals surface area contributed by atoms with Crippen molar-refractivity contribution >= 4 is 5.82 Å². The van der Waals surface area contributed by atoms with Gasteiger partial charge in [0.25, 0.3) is 0 Å². The Morgan fingerprint density at radius 3 is 2.62 bits per heavy atom. The summed E-state index contributed by atoms with van der Waals surface area (Å²) in [7, 11) is 2.19. The maximum Gasteiger partial charge on any atom is 0.128 e. The van der Waals surface area contributed by atoms with Gasteiger partial charge in [0.15, 0.2) is 0 Å². The fraction of sp³-hybridized carbons (Fsp3) is 0.706. The van der Waals surface area contributed by atoms with Crippen LogP contribution >= 0.6 is 0 Å². The molecule has 0 saturated carbocycles. The van der Waals surface area contributed by atoms with Crippen LogP contribution in [0.1, 0.15) is 37.8 Å². The number of nitrogens with zero attached hydrogens (tertiary/aromatic N) is 4. The minimum atomic E-state index is 0.596. The van der Waals surface area contributed by atoms with Gasteiger partial charge in [-0.25, -0.2) is 4.98 Å². The fourth-order valence-corrected chi connectivity index (χ4v) is 3.58. The summed E-state index contributed by atoms with van der Waals surface area (Å²) < 4.78 is 0. The number of likely N-dealkylation sites (tertiary alicyclic amines) is 1. The van der Waals surface area contributed by atoms with Crippen molar-refractivity contribution in [2.24, 2.45) is 0 Å². The van der Waals surface area contributed by atoms with Crippen LogP contribution in [-0.4, -0.2) is 61.1 Å². The molecular formula is C17H28N4. The monoisotopic (exact) mass is 288 g/mol. The van der Waals surface area contributed by atoms with Gasteiger partial charge in [-0.1, -0.05) is 13.0 Å². The summed E-state index contributed by atoms with van der Waals surface area (Å²) >= 11 is 0. The molecule has 0 radical (unpaired) electrons. The molecule has 1 aromatic heterocycles. The van der Waals surface area contributed by atoms with E-state index in [1.165, 1.54) is 37.9 Å². The van der Waals surface area contributed by atoms with Crippen LogP contribution in [0.15, 0.2) is 18.3 Å². The number of aromatic nitrogens is 1. The van der Waals surface area contributed by atoms with Crippen LogP contribution in [-0.2, 0) is 0 Å². The molecule has 3 heterocycles. The van der Waals surface area contributed by atoms with Gasteiger partial charge in [-0.2, -0.15) is 0 Å². The molecule has 0 aliphatic carbocycles. The summed E-state index contributed by atoms with van der Waals surface area (Å²) in [5, 5.41) is 0. The van der Waals surface area contributed by atoms with Gasteiger partial charge in [-0.15, -0.1) is 0 Å². The maximum absolute atomic E-state index is 4.75. The SMILES string of the molecule is CCCN1CCC[C@H]1c1ccc(N2CCN(C)CC2)nc1. The van der Waals surface area contributed by atoms with Crippen molar-refractivity contribution in [3.63, 3.8) is 0 Å². The lowest BCUT2D eigenvalue weighted by Crippen LogP contribution is -2.44. The van der Waals surface area contributed by atoms with Gasteiger partial charge in [0.1, 0.15) is 5.82 Å². The molecule has 0 spiro atoms. The number of pyridine rings is 1. The average molecular weight is 288 g/mol. The quantitative estimate of drug-likeness (QED) is 0.848. The van der Waals surface area contributed by atoms with E-state index in [4.69, 9.17) is 4.98 Å². The zero-order chi connectivity index (χ0) is 14.7. The number of piperazine rings is 1. The minimum absolute atomic E-state index is 0.596. The van der Waals surface area contributed by atoms with Crippen molar-refractivity contribution in [2.75, 3.05) is 51.2 Å². The van der Waals surface area contributed by atoms with E-state index in [9.17, 15) is 0 Å². The molecule has 0 aromatic carbocycles. The van der Waals surface area contributed by atoms with Crippen LogP contribution in [0.25, 0.3) is 0 Å². The summed E-state index contributed by atoms with van der Waals surface area (Å²) in [4.78, 5) is 12.2. The van der Waals surface area contributed by atoms with Crippen molar-refractivity contribution in [3.8, 4) is 0 Å². The molecule has 1 atom stereocenters. The number of hydrogen-bond acceptors (Lipinski definition) is 4. The molecule has 0 N–H and O–H groups in total. The van der Waals surface area contributed by atoms with Crippen LogP contribution in [0.3, 0.4) is 0 Å². The fourth-order valence-electron chi connectivity index (χ4n) is 3.58. The molecule has 21 heavy (non-hydrogen) atoms. The topological polar surface area (TPSA) is 22.6 Å². The van der Waals surface area contributed by atoms with E-state index in [1.54, 1.807) is 0 Å². The average Bonchev–Trinajstić information content (AvgIpc) is 2.97. The highest BCUT2D eigenvalue weighted by atomic mass is 15.3. The van der Waals surface area contributed by atoms with Crippen LogP contribution in [0.4, 0.5) is 5.82 Å². The van der Waals surface area contributed by atoms with Crippen molar-refractivity contribution in [1.82, 2.24) is 14.8 Å². The van der Waals surface area contributed by atoms with Gasteiger partial charge in [0, 0.05) is 38.4 Å². The first kappa shape index (κ1) is 14.8. The Balaban J connectivity index is 1.66. The molecule has 2 aliphatic heterocycles.